The minimum Gasteiger partial charge on any atom is -0.303 e. The predicted molar refractivity (Wildman–Crippen MR) is 58.0 cm³/mol. The first kappa shape index (κ1) is 9.95. The molecule has 1 heteroatoms. The molecule has 0 aliphatic heterocycles. The molecule has 0 saturated heterocycles. The molecule has 0 aromatic carbocycles. The van der Waals surface area contributed by atoms with Crippen LogP contribution in [0.3, 0.4) is 0 Å². The van der Waals surface area contributed by atoms with E-state index in [-0.39, 0.29) is 0 Å². The Balaban J connectivity index is 1.93. The Morgan fingerprint density at radius 1 is 1.57 bits per heavy atom. The van der Waals surface area contributed by atoms with Gasteiger partial charge in [-0.05, 0) is 42.9 Å². The van der Waals surface area contributed by atoms with Crippen LogP contribution in [0.2, 0.25) is 0 Å². The average Bonchev–Trinajstić information content (AvgIpc) is 2.18. The lowest BCUT2D eigenvalue weighted by Crippen LogP contribution is -2.47. The van der Waals surface area contributed by atoms with Gasteiger partial charge < -0.3 is 4.79 Å². The number of hydrogen-bond donors (Lipinski definition) is 0. The summed E-state index contributed by atoms with van der Waals surface area (Å²) in [7, 11) is 0. The summed E-state index contributed by atoms with van der Waals surface area (Å²) < 4.78 is 0. The third-order valence-electron chi connectivity index (χ3n) is 4.37. The van der Waals surface area contributed by atoms with Crippen molar-refractivity contribution in [2.75, 3.05) is 0 Å². The van der Waals surface area contributed by atoms with Crippen molar-refractivity contribution in [3.05, 3.63) is 11.6 Å². The molecular weight excluding hydrogens is 172 g/mol. The van der Waals surface area contributed by atoms with E-state index < -0.39 is 0 Å². The molecule has 0 aromatic rings. The van der Waals surface area contributed by atoms with E-state index >= 15 is 0 Å². The number of carbonyl (C=O) groups is 1. The summed E-state index contributed by atoms with van der Waals surface area (Å²) in [5.41, 5.74) is 2.19. The number of rotatable bonds is 4. The van der Waals surface area contributed by atoms with Gasteiger partial charge in [0, 0.05) is 6.42 Å². The van der Waals surface area contributed by atoms with Crippen molar-refractivity contribution in [2.24, 2.45) is 17.3 Å². The van der Waals surface area contributed by atoms with Crippen LogP contribution >= 0.6 is 0 Å². The number of carbonyl (C=O) groups excluding carboxylic acids is 1. The van der Waals surface area contributed by atoms with Gasteiger partial charge in [-0.15, -0.1) is 0 Å². The molecule has 1 fully saturated rings. The zero-order valence-corrected chi connectivity index (χ0v) is 9.25. The number of unbranched alkanes of at least 4 members (excludes halogenated alkanes) is 1. The quantitative estimate of drug-likeness (QED) is 0.379. The lowest BCUT2D eigenvalue weighted by molar-refractivity contribution is -0.107. The van der Waals surface area contributed by atoms with Crippen LogP contribution in [0, 0.1) is 17.3 Å². The molecule has 14 heavy (non-hydrogen) atoms. The first-order valence-corrected chi connectivity index (χ1v) is 5.79. The van der Waals surface area contributed by atoms with E-state index in [0.717, 1.165) is 37.4 Å². The van der Waals surface area contributed by atoms with Gasteiger partial charge in [-0.3, -0.25) is 0 Å². The molecule has 3 aliphatic rings. The summed E-state index contributed by atoms with van der Waals surface area (Å²) >= 11 is 0. The summed E-state index contributed by atoms with van der Waals surface area (Å²) in [5, 5.41) is 0. The lowest BCUT2D eigenvalue weighted by Gasteiger charge is -2.56. The highest BCUT2D eigenvalue weighted by atomic mass is 16.1. The fourth-order valence-corrected chi connectivity index (χ4v) is 3.15. The molecule has 3 rings (SSSR count). The molecule has 0 heterocycles. The van der Waals surface area contributed by atoms with E-state index in [1.807, 2.05) is 0 Å². The number of hydrogen-bond acceptors (Lipinski definition) is 1. The highest BCUT2D eigenvalue weighted by Crippen LogP contribution is 2.59. The van der Waals surface area contributed by atoms with Crippen molar-refractivity contribution in [3.63, 3.8) is 0 Å². The van der Waals surface area contributed by atoms with Crippen LogP contribution in [0.15, 0.2) is 11.6 Å². The Hall–Kier alpha value is -0.590. The third kappa shape index (κ3) is 1.43. The molecule has 2 atom stereocenters. The Morgan fingerprint density at radius 2 is 2.36 bits per heavy atom. The van der Waals surface area contributed by atoms with Crippen LogP contribution in [0.4, 0.5) is 0 Å². The first-order chi connectivity index (χ1) is 6.66. The zero-order chi connectivity index (χ0) is 10.2. The summed E-state index contributed by atoms with van der Waals surface area (Å²) in [6, 6.07) is 0. The standard InChI is InChI=1S/C13H20O/c1-13(2)11-7-6-10(12(13)9-11)5-3-4-8-14/h6,8,11-12H,3-5,7,9H2,1-2H3/t11-,12+/m1/s1. The van der Waals surface area contributed by atoms with Crippen LogP contribution in [-0.2, 0) is 4.79 Å². The predicted octanol–water partition coefficient (Wildman–Crippen LogP) is 3.35. The van der Waals surface area contributed by atoms with Crippen LogP contribution in [0.1, 0.15) is 46.0 Å². The summed E-state index contributed by atoms with van der Waals surface area (Å²) in [6.07, 6.45) is 9.09. The van der Waals surface area contributed by atoms with E-state index in [1.54, 1.807) is 5.57 Å². The van der Waals surface area contributed by atoms with Crippen molar-refractivity contribution in [1.29, 1.82) is 0 Å². The molecule has 0 amide bonds. The maximum Gasteiger partial charge on any atom is 0.120 e. The van der Waals surface area contributed by atoms with Crippen LogP contribution in [-0.4, -0.2) is 6.29 Å². The van der Waals surface area contributed by atoms with Gasteiger partial charge in [0.2, 0.25) is 0 Å². The van der Waals surface area contributed by atoms with Crippen molar-refractivity contribution in [1.82, 2.24) is 0 Å². The Morgan fingerprint density at radius 3 is 2.93 bits per heavy atom. The average molecular weight is 192 g/mol. The molecule has 0 unspecified atom stereocenters. The van der Waals surface area contributed by atoms with Gasteiger partial charge in [-0.1, -0.05) is 25.5 Å². The SMILES string of the molecule is CC1(C)[C@@H]2CC=C(CCCC=O)[C@@H]1C2. The maximum atomic E-state index is 10.2. The molecule has 3 aliphatic carbocycles. The normalized spacial score (nSPS) is 33.1. The van der Waals surface area contributed by atoms with E-state index in [1.165, 1.54) is 12.8 Å². The monoisotopic (exact) mass is 192 g/mol. The molecule has 0 aromatic heterocycles. The van der Waals surface area contributed by atoms with Crippen molar-refractivity contribution >= 4 is 6.29 Å². The number of allylic oxidation sites excluding steroid dienone is 2. The van der Waals surface area contributed by atoms with Crippen molar-refractivity contribution in [3.8, 4) is 0 Å². The van der Waals surface area contributed by atoms with Crippen molar-refractivity contribution < 1.29 is 4.79 Å². The second kappa shape index (κ2) is 3.52. The second-order valence-electron chi connectivity index (χ2n) is 5.38. The van der Waals surface area contributed by atoms with Gasteiger partial charge in [0.25, 0.3) is 0 Å². The van der Waals surface area contributed by atoms with E-state index in [0.29, 0.717) is 5.41 Å². The van der Waals surface area contributed by atoms with Gasteiger partial charge in [0.15, 0.2) is 0 Å². The second-order valence-corrected chi connectivity index (χ2v) is 5.38. The van der Waals surface area contributed by atoms with Crippen LogP contribution in [0.5, 0.6) is 0 Å². The molecule has 1 nitrogen and oxygen atoms in total. The van der Waals surface area contributed by atoms with Crippen molar-refractivity contribution in [2.45, 2.75) is 46.0 Å². The van der Waals surface area contributed by atoms with Gasteiger partial charge in [-0.25, -0.2) is 0 Å². The van der Waals surface area contributed by atoms with Gasteiger partial charge in [-0.2, -0.15) is 0 Å². The molecule has 0 spiro atoms. The summed E-state index contributed by atoms with van der Waals surface area (Å²) in [5.74, 6) is 1.76. The molecule has 0 N–H and O–H groups in total. The highest BCUT2D eigenvalue weighted by Gasteiger charge is 2.50. The topological polar surface area (TPSA) is 17.1 Å². The summed E-state index contributed by atoms with van der Waals surface area (Å²) in [6.45, 7) is 4.80. The van der Waals surface area contributed by atoms with Gasteiger partial charge in [0.05, 0.1) is 0 Å². The lowest BCUT2D eigenvalue weighted by atomic mass is 9.48. The molecule has 1 saturated carbocycles. The third-order valence-corrected chi connectivity index (χ3v) is 4.37. The minimum absolute atomic E-state index is 0.547. The highest BCUT2D eigenvalue weighted by molar-refractivity contribution is 5.49. The van der Waals surface area contributed by atoms with E-state index in [9.17, 15) is 4.79 Å². The van der Waals surface area contributed by atoms with Gasteiger partial charge >= 0.3 is 0 Å². The molecule has 2 bridgehead atoms. The fourth-order valence-electron chi connectivity index (χ4n) is 3.15. The largest absolute Gasteiger partial charge is 0.303 e. The Kier molecular flexibility index (Phi) is 2.50. The Labute approximate surface area is 86.6 Å². The number of fused-ring (bicyclic) bond motifs is 1. The van der Waals surface area contributed by atoms with Gasteiger partial charge in [0.1, 0.15) is 6.29 Å². The van der Waals surface area contributed by atoms with E-state index in [4.69, 9.17) is 0 Å². The number of aldehydes is 1. The van der Waals surface area contributed by atoms with Crippen LogP contribution in [0.25, 0.3) is 0 Å². The Bertz CT molecular complexity index is 262. The van der Waals surface area contributed by atoms with Crippen LogP contribution < -0.4 is 0 Å². The molecule has 0 radical (unpaired) electrons. The maximum absolute atomic E-state index is 10.2. The smallest absolute Gasteiger partial charge is 0.120 e. The first-order valence-electron chi connectivity index (χ1n) is 5.79. The molecular formula is C13H20O. The minimum atomic E-state index is 0.547. The fraction of sp³-hybridized carbons (Fsp3) is 0.769. The summed E-state index contributed by atoms with van der Waals surface area (Å²) in [4.78, 5) is 10.2. The van der Waals surface area contributed by atoms with E-state index in [2.05, 4.69) is 19.9 Å². The zero-order valence-electron chi connectivity index (χ0n) is 9.25. The molecule has 78 valence electrons.